The van der Waals surface area contributed by atoms with Gasteiger partial charge in [-0.2, -0.15) is 4.98 Å². The number of carbonyl (C=O) groups excluding carboxylic acids is 1. The third-order valence-corrected chi connectivity index (χ3v) is 4.87. The molecule has 1 amide bonds. The van der Waals surface area contributed by atoms with Gasteiger partial charge in [0, 0.05) is 18.7 Å². The molecule has 0 saturated heterocycles. The quantitative estimate of drug-likeness (QED) is 0.905. The molecule has 1 heterocycles. The Labute approximate surface area is 141 Å². The van der Waals surface area contributed by atoms with E-state index >= 15 is 0 Å². The second-order valence-corrected chi connectivity index (χ2v) is 8.43. The van der Waals surface area contributed by atoms with Crippen molar-refractivity contribution in [2.75, 3.05) is 6.26 Å². The van der Waals surface area contributed by atoms with Crippen molar-refractivity contribution in [1.82, 2.24) is 15.5 Å². The van der Waals surface area contributed by atoms with Gasteiger partial charge in [0.25, 0.3) is 5.89 Å². The first-order valence-electron chi connectivity index (χ1n) is 7.36. The molecule has 0 aliphatic rings. The van der Waals surface area contributed by atoms with E-state index in [-0.39, 0.29) is 16.7 Å². The summed E-state index contributed by atoms with van der Waals surface area (Å²) in [6.07, 6.45) is 1.15. The van der Waals surface area contributed by atoms with E-state index in [1.165, 1.54) is 13.0 Å². The molecular formula is C16H21N3O4S. The fourth-order valence-electron chi connectivity index (χ4n) is 2.35. The van der Waals surface area contributed by atoms with Crippen molar-refractivity contribution in [2.45, 2.75) is 45.1 Å². The zero-order valence-electron chi connectivity index (χ0n) is 14.6. The summed E-state index contributed by atoms with van der Waals surface area (Å²) >= 11 is 0. The predicted molar refractivity (Wildman–Crippen MR) is 89.2 cm³/mol. The normalized spacial score (nSPS) is 12.2. The van der Waals surface area contributed by atoms with Crippen LogP contribution in [0.15, 0.2) is 21.6 Å². The fraction of sp³-hybridized carbons (Fsp3) is 0.438. The van der Waals surface area contributed by atoms with Crippen molar-refractivity contribution in [3.8, 4) is 11.5 Å². The summed E-state index contributed by atoms with van der Waals surface area (Å²) in [4.78, 5) is 15.8. The van der Waals surface area contributed by atoms with Gasteiger partial charge in [-0.15, -0.1) is 0 Å². The van der Waals surface area contributed by atoms with Crippen molar-refractivity contribution in [1.29, 1.82) is 0 Å². The molecule has 1 N–H and O–H groups in total. The van der Waals surface area contributed by atoms with Gasteiger partial charge < -0.3 is 9.84 Å². The van der Waals surface area contributed by atoms with Crippen LogP contribution in [0.5, 0.6) is 0 Å². The molecule has 0 fully saturated rings. The predicted octanol–water partition coefficient (Wildman–Crippen LogP) is 2.13. The molecule has 0 radical (unpaired) electrons. The van der Waals surface area contributed by atoms with E-state index in [4.69, 9.17) is 4.52 Å². The second-order valence-electron chi connectivity index (χ2n) is 6.41. The third kappa shape index (κ3) is 3.64. The van der Waals surface area contributed by atoms with Gasteiger partial charge in [-0.1, -0.05) is 5.16 Å². The second kappa shape index (κ2) is 6.01. The molecule has 2 rings (SSSR count). The highest BCUT2D eigenvalue weighted by atomic mass is 32.2. The Balaban J connectivity index is 2.55. The van der Waals surface area contributed by atoms with Gasteiger partial charge in [-0.25, -0.2) is 8.42 Å². The number of nitrogens with zero attached hydrogens (tertiary/aromatic N) is 2. The molecule has 1 aromatic carbocycles. The number of hydrogen-bond donors (Lipinski definition) is 1. The van der Waals surface area contributed by atoms with E-state index < -0.39 is 15.4 Å². The molecule has 0 bridgehead atoms. The molecule has 0 spiro atoms. The van der Waals surface area contributed by atoms with Crippen molar-refractivity contribution < 1.29 is 17.7 Å². The number of aryl methyl sites for hydroxylation is 1. The smallest absolute Gasteiger partial charge is 0.258 e. The largest absolute Gasteiger partial charge is 0.344 e. The Morgan fingerprint density at radius 2 is 1.88 bits per heavy atom. The Morgan fingerprint density at radius 1 is 1.25 bits per heavy atom. The van der Waals surface area contributed by atoms with Gasteiger partial charge >= 0.3 is 0 Å². The molecule has 0 aliphatic heterocycles. The first-order valence-corrected chi connectivity index (χ1v) is 9.25. The SMILES string of the molecule is CC(=O)NC(C)(C)c1noc(-c2cc(S(C)(=O)=O)cc(C)c2C)n1. The van der Waals surface area contributed by atoms with Crippen LogP contribution in [0.2, 0.25) is 0 Å². The standard InChI is InChI=1S/C16H21N3O4S/c1-9-7-12(24(6,21)22)8-13(10(9)2)14-17-15(19-23-14)16(4,5)18-11(3)20/h7-8H,1-6H3,(H,18,20). The third-order valence-electron chi connectivity index (χ3n) is 3.77. The molecule has 130 valence electrons. The van der Waals surface area contributed by atoms with Crippen LogP contribution >= 0.6 is 0 Å². The Hall–Kier alpha value is -2.22. The van der Waals surface area contributed by atoms with Gasteiger partial charge in [0.1, 0.15) is 0 Å². The number of sulfone groups is 1. The lowest BCUT2D eigenvalue weighted by molar-refractivity contribution is -0.120. The van der Waals surface area contributed by atoms with Crippen LogP contribution in [0.4, 0.5) is 0 Å². The van der Waals surface area contributed by atoms with Crippen LogP contribution in [0.1, 0.15) is 37.7 Å². The first-order chi connectivity index (χ1) is 10.9. The summed E-state index contributed by atoms with van der Waals surface area (Å²) in [6.45, 7) is 8.61. The summed E-state index contributed by atoms with van der Waals surface area (Å²) in [5.41, 5.74) is 1.43. The van der Waals surface area contributed by atoms with Gasteiger partial charge in [-0.3, -0.25) is 4.79 Å². The molecule has 7 nitrogen and oxygen atoms in total. The highest BCUT2D eigenvalue weighted by molar-refractivity contribution is 7.90. The zero-order valence-corrected chi connectivity index (χ0v) is 15.4. The minimum atomic E-state index is -3.36. The molecule has 0 aliphatic carbocycles. The molecule has 0 unspecified atom stereocenters. The average Bonchev–Trinajstić information content (AvgIpc) is 2.89. The van der Waals surface area contributed by atoms with Crippen LogP contribution in [0.25, 0.3) is 11.5 Å². The summed E-state index contributed by atoms with van der Waals surface area (Å²) in [5, 5.41) is 6.67. The van der Waals surface area contributed by atoms with Crippen LogP contribution in [-0.4, -0.2) is 30.7 Å². The van der Waals surface area contributed by atoms with E-state index in [1.807, 2.05) is 13.8 Å². The van der Waals surface area contributed by atoms with Crippen LogP contribution in [0.3, 0.4) is 0 Å². The van der Waals surface area contributed by atoms with E-state index in [2.05, 4.69) is 15.5 Å². The summed E-state index contributed by atoms with van der Waals surface area (Å²) in [5.74, 6) is 0.321. The van der Waals surface area contributed by atoms with Gasteiger partial charge in [-0.05, 0) is 51.0 Å². The minimum absolute atomic E-state index is 0.196. The first kappa shape index (κ1) is 18.1. The van der Waals surface area contributed by atoms with Crippen LogP contribution < -0.4 is 5.32 Å². The van der Waals surface area contributed by atoms with Gasteiger partial charge in [0.05, 0.1) is 10.4 Å². The van der Waals surface area contributed by atoms with Gasteiger partial charge in [0.2, 0.25) is 5.91 Å². The summed E-state index contributed by atoms with van der Waals surface area (Å²) in [6, 6.07) is 3.15. The number of amides is 1. The molecule has 0 atom stereocenters. The monoisotopic (exact) mass is 351 g/mol. The number of benzene rings is 1. The maximum atomic E-state index is 11.9. The number of hydrogen-bond acceptors (Lipinski definition) is 6. The molecular weight excluding hydrogens is 330 g/mol. The van der Waals surface area contributed by atoms with Gasteiger partial charge in [0.15, 0.2) is 15.7 Å². The maximum absolute atomic E-state index is 11.9. The van der Waals surface area contributed by atoms with Crippen LogP contribution in [-0.2, 0) is 20.2 Å². The highest BCUT2D eigenvalue weighted by Gasteiger charge is 2.28. The lowest BCUT2D eigenvalue weighted by Gasteiger charge is -2.20. The number of carbonyl (C=O) groups is 1. The summed E-state index contributed by atoms with van der Waals surface area (Å²) in [7, 11) is -3.36. The van der Waals surface area contributed by atoms with Crippen LogP contribution in [0, 0.1) is 13.8 Å². The lowest BCUT2D eigenvalue weighted by atomic mass is 10.0. The molecule has 24 heavy (non-hydrogen) atoms. The molecule has 0 saturated carbocycles. The lowest BCUT2D eigenvalue weighted by Crippen LogP contribution is -2.40. The minimum Gasteiger partial charge on any atom is -0.344 e. The Morgan fingerprint density at radius 3 is 2.42 bits per heavy atom. The summed E-state index contributed by atoms with van der Waals surface area (Å²) < 4.78 is 29.0. The molecule has 2 aromatic rings. The zero-order chi connectivity index (χ0) is 18.3. The Bertz CT molecular complexity index is 898. The van der Waals surface area contributed by atoms with Crippen molar-refractivity contribution >= 4 is 15.7 Å². The van der Waals surface area contributed by atoms with E-state index in [1.54, 1.807) is 19.9 Å². The van der Waals surface area contributed by atoms with Crippen molar-refractivity contribution in [3.63, 3.8) is 0 Å². The maximum Gasteiger partial charge on any atom is 0.258 e. The fourth-order valence-corrected chi connectivity index (χ4v) is 3.07. The van der Waals surface area contributed by atoms with E-state index in [9.17, 15) is 13.2 Å². The Kier molecular flexibility index (Phi) is 4.54. The molecule has 1 aromatic heterocycles. The average molecular weight is 351 g/mol. The topological polar surface area (TPSA) is 102 Å². The van der Waals surface area contributed by atoms with Crippen molar-refractivity contribution in [3.05, 3.63) is 29.1 Å². The van der Waals surface area contributed by atoms with E-state index in [0.29, 0.717) is 11.4 Å². The molecule has 8 heteroatoms. The number of nitrogens with one attached hydrogen (secondary N) is 1. The van der Waals surface area contributed by atoms with Crippen molar-refractivity contribution in [2.24, 2.45) is 0 Å². The van der Waals surface area contributed by atoms with E-state index in [0.717, 1.165) is 17.4 Å². The number of aromatic nitrogens is 2. The number of rotatable bonds is 4. The highest BCUT2D eigenvalue weighted by Crippen LogP contribution is 2.29.